The van der Waals surface area contributed by atoms with Gasteiger partial charge in [0.05, 0.1) is 0 Å². The van der Waals surface area contributed by atoms with Gasteiger partial charge >= 0.3 is 0 Å². The fourth-order valence-corrected chi connectivity index (χ4v) is 4.40. The van der Waals surface area contributed by atoms with Crippen molar-refractivity contribution in [3.8, 4) is 0 Å². The minimum absolute atomic E-state index is 0.460. The first-order chi connectivity index (χ1) is 9.20. The van der Waals surface area contributed by atoms with Gasteiger partial charge < -0.3 is 5.32 Å². The summed E-state index contributed by atoms with van der Waals surface area (Å²) in [6.45, 7) is 2.30. The lowest BCUT2D eigenvalue weighted by Crippen LogP contribution is -2.54. The van der Waals surface area contributed by atoms with E-state index in [-0.39, 0.29) is 0 Å². The highest BCUT2D eigenvalue weighted by molar-refractivity contribution is 9.10. The van der Waals surface area contributed by atoms with Crippen molar-refractivity contribution >= 4 is 15.9 Å². The van der Waals surface area contributed by atoms with E-state index in [0.717, 1.165) is 6.04 Å². The zero-order valence-electron chi connectivity index (χ0n) is 11.8. The number of halogens is 1. The topological polar surface area (TPSA) is 12.0 Å². The molecule has 2 saturated carbocycles. The highest BCUT2D eigenvalue weighted by atomic mass is 79.9. The normalized spacial score (nSPS) is 26.9. The third-order valence-electron chi connectivity index (χ3n) is 5.32. The van der Waals surface area contributed by atoms with Gasteiger partial charge in [-0.1, -0.05) is 47.3 Å². The van der Waals surface area contributed by atoms with Crippen LogP contribution in [0.4, 0.5) is 0 Å². The van der Waals surface area contributed by atoms with Crippen LogP contribution >= 0.6 is 15.9 Å². The molecule has 2 heteroatoms. The molecule has 2 fully saturated rings. The smallest absolute Gasteiger partial charge is 0.0294 e. The van der Waals surface area contributed by atoms with E-state index in [1.807, 2.05) is 0 Å². The van der Waals surface area contributed by atoms with Crippen molar-refractivity contribution in [3.05, 3.63) is 34.3 Å². The van der Waals surface area contributed by atoms with Crippen molar-refractivity contribution in [2.24, 2.45) is 5.41 Å². The van der Waals surface area contributed by atoms with Crippen LogP contribution in [0.1, 0.15) is 63.5 Å². The molecule has 1 unspecified atom stereocenters. The van der Waals surface area contributed by atoms with Crippen LogP contribution in [0.25, 0.3) is 0 Å². The lowest BCUT2D eigenvalue weighted by Gasteiger charge is -2.53. The second kappa shape index (κ2) is 5.57. The van der Waals surface area contributed by atoms with Crippen molar-refractivity contribution in [1.82, 2.24) is 5.32 Å². The average Bonchev–Trinajstić information content (AvgIpc) is 2.44. The Morgan fingerprint density at radius 1 is 1.21 bits per heavy atom. The summed E-state index contributed by atoms with van der Waals surface area (Å²) >= 11 is 3.57. The molecular formula is C17H24BrN. The average molecular weight is 322 g/mol. The Morgan fingerprint density at radius 3 is 2.63 bits per heavy atom. The van der Waals surface area contributed by atoms with Gasteiger partial charge in [0.15, 0.2) is 0 Å². The fourth-order valence-electron chi connectivity index (χ4n) is 3.99. The molecule has 0 saturated heterocycles. The van der Waals surface area contributed by atoms with Crippen LogP contribution in [0.5, 0.6) is 0 Å². The van der Waals surface area contributed by atoms with Crippen LogP contribution in [-0.4, -0.2) is 6.04 Å². The van der Waals surface area contributed by atoms with Crippen molar-refractivity contribution in [2.75, 3.05) is 0 Å². The molecule has 19 heavy (non-hydrogen) atoms. The Labute approximate surface area is 125 Å². The Hall–Kier alpha value is -0.340. The molecule has 2 aliphatic rings. The first-order valence-electron chi connectivity index (χ1n) is 7.71. The maximum absolute atomic E-state index is 3.90. The number of benzene rings is 1. The second-order valence-electron chi connectivity index (χ2n) is 6.46. The monoisotopic (exact) mass is 321 g/mol. The molecule has 2 atom stereocenters. The quantitative estimate of drug-likeness (QED) is 0.805. The standard InChI is InChI=1S/C17H24BrN/c1-13(14-6-5-7-15(18)12-14)19-16-8-11-17(16)9-3-2-4-10-17/h5-7,12-13,16,19H,2-4,8-11H2,1H3/t13-,16?/m1/s1. The highest BCUT2D eigenvalue weighted by Crippen LogP contribution is 2.52. The summed E-state index contributed by atoms with van der Waals surface area (Å²) in [5.41, 5.74) is 2.05. The van der Waals surface area contributed by atoms with Gasteiger partial charge in [0.2, 0.25) is 0 Å². The van der Waals surface area contributed by atoms with Gasteiger partial charge in [0.1, 0.15) is 0 Å². The maximum Gasteiger partial charge on any atom is 0.0294 e. The summed E-state index contributed by atoms with van der Waals surface area (Å²) in [4.78, 5) is 0. The van der Waals surface area contributed by atoms with Crippen LogP contribution in [0, 0.1) is 5.41 Å². The molecular weight excluding hydrogens is 298 g/mol. The summed E-state index contributed by atoms with van der Waals surface area (Å²) in [6, 6.07) is 9.92. The summed E-state index contributed by atoms with van der Waals surface area (Å²) in [6.07, 6.45) is 10.1. The Balaban J connectivity index is 1.65. The van der Waals surface area contributed by atoms with E-state index >= 15 is 0 Å². The van der Waals surface area contributed by atoms with E-state index in [1.54, 1.807) is 0 Å². The molecule has 0 heterocycles. The molecule has 1 spiro atoms. The number of hydrogen-bond acceptors (Lipinski definition) is 1. The third kappa shape index (κ3) is 2.75. The molecule has 2 aliphatic carbocycles. The molecule has 0 amide bonds. The zero-order chi connectivity index (χ0) is 13.3. The molecule has 1 aromatic carbocycles. The van der Waals surface area contributed by atoms with Crippen LogP contribution in [0.15, 0.2) is 28.7 Å². The molecule has 104 valence electrons. The first kappa shape index (κ1) is 13.6. The lowest BCUT2D eigenvalue weighted by molar-refractivity contribution is 0.0174. The van der Waals surface area contributed by atoms with E-state index in [0.29, 0.717) is 11.5 Å². The largest absolute Gasteiger partial charge is 0.307 e. The molecule has 0 aromatic heterocycles. The summed E-state index contributed by atoms with van der Waals surface area (Å²) in [7, 11) is 0. The lowest BCUT2D eigenvalue weighted by atomic mass is 9.57. The third-order valence-corrected chi connectivity index (χ3v) is 5.81. The Kier molecular flexibility index (Phi) is 4.00. The predicted molar refractivity (Wildman–Crippen MR) is 84.2 cm³/mol. The van der Waals surface area contributed by atoms with E-state index in [4.69, 9.17) is 0 Å². The van der Waals surface area contributed by atoms with Crippen molar-refractivity contribution < 1.29 is 0 Å². The number of rotatable bonds is 3. The fraction of sp³-hybridized carbons (Fsp3) is 0.647. The molecule has 0 bridgehead atoms. The van der Waals surface area contributed by atoms with Gasteiger partial charge in [0, 0.05) is 16.6 Å². The van der Waals surface area contributed by atoms with E-state index in [9.17, 15) is 0 Å². The summed E-state index contributed by atoms with van der Waals surface area (Å²) in [5.74, 6) is 0. The van der Waals surface area contributed by atoms with Gasteiger partial charge in [-0.15, -0.1) is 0 Å². The van der Waals surface area contributed by atoms with Gasteiger partial charge in [-0.2, -0.15) is 0 Å². The Bertz CT molecular complexity index is 437. The molecule has 1 nitrogen and oxygen atoms in total. The minimum atomic E-state index is 0.460. The molecule has 0 aliphatic heterocycles. The van der Waals surface area contributed by atoms with Crippen LogP contribution in [0.3, 0.4) is 0 Å². The van der Waals surface area contributed by atoms with E-state index in [2.05, 4.69) is 52.4 Å². The zero-order valence-corrected chi connectivity index (χ0v) is 13.4. The summed E-state index contributed by atoms with van der Waals surface area (Å²) < 4.78 is 1.18. The van der Waals surface area contributed by atoms with Crippen LogP contribution < -0.4 is 5.32 Å². The first-order valence-corrected chi connectivity index (χ1v) is 8.50. The van der Waals surface area contributed by atoms with Crippen molar-refractivity contribution in [3.63, 3.8) is 0 Å². The van der Waals surface area contributed by atoms with E-state index in [1.165, 1.54) is 55.0 Å². The van der Waals surface area contributed by atoms with Crippen molar-refractivity contribution in [2.45, 2.75) is 64.0 Å². The number of hydrogen-bond donors (Lipinski definition) is 1. The van der Waals surface area contributed by atoms with E-state index < -0.39 is 0 Å². The number of nitrogens with one attached hydrogen (secondary N) is 1. The predicted octanol–water partition coefficient (Wildman–Crippen LogP) is 5.21. The molecule has 3 rings (SSSR count). The van der Waals surface area contributed by atoms with Gasteiger partial charge in [-0.3, -0.25) is 0 Å². The van der Waals surface area contributed by atoms with Gasteiger partial charge in [-0.05, 0) is 55.7 Å². The Morgan fingerprint density at radius 2 is 2.00 bits per heavy atom. The summed E-state index contributed by atoms with van der Waals surface area (Å²) in [5, 5.41) is 3.90. The molecule has 1 N–H and O–H groups in total. The van der Waals surface area contributed by atoms with Gasteiger partial charge in [-0.25, -0.2) is 0 Å². The molecule has 0 radical (unpaired) electrons. The maximum atomic E-state index is 3.90. The molecule has 1 aromatic rings. The highest BCUT2D eigenvalue weighted by Gasteiger charge is 2.46. The van der Waals surface area contributed by atoms with Crippen LogP contribution in [-0.2, 0) is 0 Å². The van der Waals surface area contributed by atoms with Crippen molar-refractivity contribution in [1.29, 1.82) is 0 Å². The minimum Gasteiger partial charge on any atom is -0.307 e. The second-order valence-corrected chi connectivity index (χ2v) is 7.37. The van der Waals surface area contributed by atoms with Gasteiger partial charge in [0.25, 0.3) is 0 Å². The SMILES string of the molecule is C[C@@H](NC1CCC12CCCCC2)c1cccc(Br)c1. The van der Waals surface area contributed by atoms with Crippen LogP contribution in [0.2, 0.25) is 0 Å².